The second kappa shape index (κ2) is 6.58. The molecule has 0 fully saturated rings. The highest BCUT2D eigenvalue weighted by molar-refractivity contribution is 9.10. The van der Waals surface area contributed by atoms with Crippen LogP contribution >= 0.6 is 15.9 Å². The Labute approximate surface area is 130 Å². The van der Waals surface area contributed by atoms with Crippen molar-refractivity contribution in [2.24, 2.45) is 5.73 Å². The van der Waals surface area contributed by atoms with Crippen LogP contribution in [-0.2, 0) is 4.79 Å². The van der Waals surface area contributed by atoms with Crippen LogP contribution in [0.1, 0.15) is 11.6 Å². The summed E-state index contributed by atoms with van der Waals surface area (Å²) in [4.78, 5) is 11.6. The minimum Gasteiger partial charge on any atom is -0.497 e. The highest BCUT2D eigenvalue weighted by Gasteiger charge is 2.21. The molecule has 0 heterocycles. The Morgan fingerprint density at radius 2 is 1.95 bits per heavy atom. The van der Waals surface area contributed by atoms with E-state index in [2.05, 4.69) is 21.2 Å². The lowest BCUT2D eigenvalue weighted by Crippen LogP contribution is -2.28. The summed E-state index contributed by atoms with van der Waals surface area (Å²) in [5.74, 6) is -0.476. The third kappa shape index (κ3) is 3.72. The van der Waals surface area contributed by atoms with E-state index in [1.54, 1.807) is 37.4 Å². The zero-order valence-electron chi connectivity index (χ0n) is 11.3. The summed E-state index contributed by atoms with van der Waals surface area (Å²) in [5.41, 5.74) is 6.21. The van der Waals surface area contributed by atoms with E-state index in [4.69, 9.17) is 10.5 Å². The van der Waals surface area contributed by atoms with Gasteiger partial charge < -0.3 is 15.8 Å². The molecule has 0 radical (unpaired) electrons. The molecule has 110 valence electrons. The zero-order chi connectivity index (χ0) is 15.4. The van der Waals surface area contributed by atoms with Gasteiger partial charge in [0.05, 0.1) is 7.11 Å². The SMILES string of the molecule is COc1ccc(NC(C(N)=O)c2cc(Br)ccc2F)cc1. The lowest BCUT2D eigenvalue weighted by Gasteiger charge is -2.18. The maximum absolute atomic E-state index is 13.9. The van der Waals surface area contributed by atoms with Gasteiger partial charge in [0.1, 0.15) is 17.6 Å². The number of ether oxygens (including phenoxy) is 1. The number of carbonyl (C=O) groups is 1. The Balaban J connectivity index is 2.30. The maximum atomic E-state index is 13.9. The molecule has 1 unspecified atom stereocenters. The zero-order valence-corrected chi connectivity index (χ0v) is 12.9. The summed E-state index contributed by atoms with van der Waals surface area (Å²) in [6, 6.07) is 10.3. The van der Waals surface area contributed by atoms with E-state index in [1.807, 2.05) is 0 Å². The molecule has 0 aliphatic carbocycles. The van der Waals surface area contributed by atoms with Crippen molar-refractivity contribution in [2.75, 3.05) is 12.4 Å². The molecule has 3 N–H and O–H groups in total. The average Bonchev–Trinajstić information content (AvgIpc) is 2.48. The number of benzene rings is 2. The third-order valence-electron chi connectivity index (χ3n) is 2.95. The van der Waals surface area contributed by atoms with E-state index < -0.39 is 17.8 Å². The van der Waals surface area contributed by atoms with Gasteiger partial charge in [-0.1, -0.05) is 15.9 Å². The van der Waals surface area contributed by atoms with Crippen molar-refractivity contribution in [3.63, 3.8) is 0 Å². The van der Waals surface area contributed by atoms with E-state index in [1.165, 1.54) is 12.1 Å². The van der Waals surface area contributed by atoms with E-state index >= 15 is 0 Å². The number of nitrogens with two attached hydrogens (primary N) is 1. The largest absolute Gasteiger partial charge is 0.497 e. The molecule has 1 atom stereocenters. The topological polar surface area (TPSA) is 64.3 Å². The van der Waals surface area contributed by atoms with Gasteiger partial charge in [-0.3, -0.25) is 4.79 Å². The molecule has 1 amide bonds. The van der Waals surface area contributed by atoms with Gasteiger partial charge in [0, 0.05) is 15.7 Å². The predicted octanol–water partition coefficient (Wildman–Crippen LogP) is 3.24. The number of methoxy groups -OCH3 is 1. The smallest absolute Gasteiger partial charge is 0.244 e. The number of halogens is 2. The Morgan fingerprint density at radius 3 is 2.52 bits per heavy atom. The molecule has 0 spiro atoms. The fraction of sp³-hybridized carbons (Fsp3) is 0.133. The Hall–Kier alpha value is -2.08. The lowest BCUT2D eigenvalue weighted by atomic mass is 10.1. The molecule has 2 aromatic carbocycles. The van der Waals surface area contributed by atoms with Crippen molar-refractivity contribution in [1.29, 1.82) is 0 Å². The van der Waals surface area contributed by atoms with Gasteiger partial charge in [0.2, 0.25) is 5.91 Å². The summed E-state index contributed by atoms with van der Waals surface area (Å²) in [5, 5.41) is 2.92. The summed E-state index contributed by atoms with van der Waals surface area (Å²) in [7, 11) is 1.56. The van der Waals surface area contributed by atoms with E-state index in [0.29, 0.717) is 15.9 Å². The first-order valence-electron chi connectivity index (χ1n) is 6.16. The van der Waals surface area contributed by atoms with Crippen LogP contribution in [0, 0.1) is 5.82 Å². The highest BCUT2D eigenvalue weighted by Crippen LogP contribution is 2.26. The lowest BCUT2D eigenvalue weighted by molar-refractivity contribution is -0.118. The maximum Gasteiger partial charge on any atom is 0.244 e. The van der Waals surface area contributed by atoms with Gasteiger partial charge in [0.15, 0.2) is 0 Å². The van der Waals surface area contributed by atoms with Crippen LogP contribution in [-0.4, -0.2) is 13.0 Å². The number of hydrogen-bond donors (Lipinski definition) is 2. The van der Waals surface area contributed by atoms with Gasteiger partial charge in [-0.15, -0.1) is 0 Å². The van der Waals surface area contributed by atoms with E-state index in [0.717, 1.165) is 0 Å². The molecule has 21 heavy (non-hydrogen) atoms. The van der Waals surface area contributed by atoms with Crippen LogP contribution in [0.2, 0.25) is 0 Å². The standard InChI is InChI=1S/C15H14BrFN2O2/c1-21-11-5-3-10(4-6-11)19-14(15(18)20)12-8-9(16)2-7-13(12)17/h2-8,14,19H,1H3,(H2,18,20). The fourth-order valence-corrected chi connectivity index (χ4v) is 2.27. The van der Waals surface area contributed by atoms with Gasteiger partial charge in [-0.2, -0.15) is 0 Å². The molecule has 6 heteroatoms. The predicted molar refractivity (Wildman–Crippen MR) is 82.7 cm³/mol. The molecule has 0 aromatic heterocycles. The number of amides is 1. The van der Waals surface area contributed by atoms with Crippen LogP contribution in [0.4, 0.5) is 10.1 Å². The van der Waals surface area contributed by atoms with Crippen LogP contribution < -0.4 is 15.8 Å². The highest BCUT2D eigenvalue weighted by atomic mass is 79.9. The van der Waals surface area contributed by atoms with Crippen LogP contribution in [0.15, 0.2) is 46.9 Å². The first-order chi connectivity index (χ1) is 10.0. The molecule has 4 nitrogen and oxygen atoms in total. The monoisotopic (exact) mass is 352 g/mol. The van der Waals surface area contributed by atoms with Gasteiger partial charge in [-0.05, 0) is 42.5 Å². The van der Waals surface area contributed by atoms with Crippen molar-refractivity contribution in [2.45, 2.75) is 6.04 Å². The summed E-state index contributed by atoms with van der Waals surface area (Å²) < 4.78 is 19.6. The first-order valence-corrected chi connectivity index (χ1v) is 6.95. The Bertz CT molecular complexity index is 647. The average molecular weight is 353 g/mol. The van der Waals surface area contributed by atoms with Crippen LogP contribution in [0.5, 0.6) is 5.75 Å². The van der Waals surface area contributed by atoms with Crippen molar-refractivity contribution in [3.8, 4) is 5.75 Å². The van der Waals surface area contributed by atoms with Crippen molar-refractivity contribution < 1.29 is 13.9 Å². The normalized spacial score (nSPS) is 11.8. The Kier molecular flexibility index (Phi) is 4.80. The molecule has 0 bridgehead atoms. The molecular formula is C15H14BrFN2O2. The molecule has 0 saturated heterocycles. The quantitative estimate of drug-likeness (QED) is 0.868. The fourth-order valence-electron chi connectivity index (χ4n) is 1.89. The number of anilines is 1. The van der Waals surface area contributed by atoms with Crippen LogP contribution in [0.3, 0.4) is 0 Å². The molecule has 0 aliphatic heterocycles. The molecule has 0 aliphatic rings. The second-order valence-electron chi connectivity index (χ2n) is 4.37. The van der Waals surface area contributed by atoms with Gasteiger partial charge in [-0.25, -0.2) is 4.39 Å². The minimum atomic E-state index is -0.962. The molecule has 0 saturated carbocycles. The molecule has 2 rings (SSSR count). The van der Waals surface area contributed by atoms with Gasteiger partial charge in [0.25, 0.3) is 0 Å². The number of carbonyl (C=O) groups excluding carboxylic acids is 1. The summed E-state index contributed by atoms with van der Waals surface area (Å²) in [6.45, 7) is 0. The minimum absolute atomic E-state index is 0.188. The van der Waals surface area contributed by atoms with E-state index in [9.17, 15) is 9.18 Å². The molecule has 2 aromatic rings. The summed E-state index contributed by atoms with van der Waals surface area (Å²) >= 11 is 3.25. The van der Waals surface area contributed by atoms with Crippen molar-refractivity contribution in [1.82, 2.24) is 0 Å². The Morgan fingerprint density at radius 1 is 1.29 bits per heavy atom. The summed E-state index contributed by atoms with van der Waals surface area (Å²) in [6.07, 6.45) is 0. The first kappa shape index (κ1) is 15.3. The van der Waals surface area contributed by atoms with Crippen molar-refractivity contribution in [3.05, 3.63) is 58.3 Å². The van der Waals surface area contributed by atoms with E-state index in [-0.39, 0.29) is 5.56 Å². The number of hydrogen-bond acceptors (Lipinski definition) is 3. The second-order valence-corrected chi connectivity index (χ2v) is 5.29. The number of nitrogens with one attached hydrogen (secondary N) is 1. The van der Waals surface area contributed by atoms with Gasteiger partial charge >= 0.3 is 0 Å². The third-order valence-corrected chi connectivity index (χ3v) is 3.45. The molecular weight excluding hydrogens is 339 g/mol. The number of primary amides is 1. The van der Waals surface area contributed by atoms with Crippen molar-refractivity contribution >= 4 is 27.5 Å². The van der Waals surface area contributed by atoms with Crippen LogP contribution in [0.25, 0.3) is 0 Å². The number of rotatable bonds is 5.